The highest BCUT2D eigenvalue weighted by atomic mass is 16.5. The average Bonchev–Trinajstić information content (AvgIpc) is 2.80. The minimum atomic E-state index is -0.0266. The van der Waals surface area contributed by atoms with Crippen molar-refractivity contribution >= 4 is 17.3 Å². The number of rotatable bonds is 2. The quantitative estimate of drug-likeness (QED) is 0.519. The molecule has 5 nitrogen and oxygen atoms in total. The van der Waals surface area contributed by atoms with E-state index in [0.29, 0.717) is 16.9 Å². The zero-order valence-corrected chi connectivity index (χ0v) is 8.94. The van der Waals surface area contributed by atoms with Crippen LogP contribution in [0.4, 0.5) is 11.4 Å². The van der Waals surface area contributed by atoms with Gasteiger partial charge in [-0.25, -0.2) is 0 Å². The molecular weight excluding hydrogens is 206 g/mol. The summed E-state index contributed by atoms with van der Waals surface area (Å²) in [7, 11) is 0. The van der Waals surface area contributed by atoms with E-state index in [1.165, 1.54) is 0 Å². The summed E-state index contributed by atoms with van der Waals surface area (Å²) in [6.45, 7) is 1.60. The average molecular weight is 221 g/mol. The van der Waals surface area contributed by atoms with Crippen molar-refractivity contribution in [2.45, 2.75) is 12.8 Å². The Bertz CT molecular complexity index is 400. The SMILES string of the molecule is Nc1cc(NO)cc(C(=O)N2CCCC2)c1. The van der Waals surface area contributed by atoms with Gasteiger partial charge in [0.05, 0.1) is 5.69 Å². The van der Waals surface area contributed by atoms with Gasteiger partial charge in [-0.2, -0.15) is 0 Å². The van der Waals surface area contributed by atoms with Gasteiger partial charge in [0.1, 0.15) is 0 Å². The summed E-state index contributed by atoms with van der Waals surface area (Å²) >= 11 is 0. The molecule has 5 heteroatoms. The Hall–Kier alpha value is -1.75. The summed E-state index contributed by atoms with van der Waals surface area (Å²) in [6.07, 6.45) is 2.11. The molecule has 0 bridgehead atoms. The van der Waals surface area contributed by atoms with Gasteiger partial charge in [0.2, 0.25) is 0 Å². The van der Waals surface area contributed by atoms with Crippen LogP contribution in [-0.2, 0) is 0 Å². The molecule has 1 saturated heterocycles. The number of likely N-dealkylation sites (tertiary alicyclic amines) is 1. The first-order valence-corrected chi connectivity index (χ1v) is 5.30. The molecule has 16 heavy (non-hydrogen) atoms. The highest BCUT2D eigenvalue weighted by Crippen LogP contribution is 2.19. The zero-order valence-electron chi connectivity index (χ0n) is 8.94. The summed E-state index contributed by atoms with van der Waals surface area (Å²) in [4.78, 5) is 13.8. The highest BCUT2D eigenvalue weighted by Gasteiger charge is 2.19. The third kappa shape index (κ3) is 2.09. The van der Waals surface area contributed by atoms with Gasteiger partial charge >= 0.3 is 0 Å². The maximum Gasteiger partial charge on any atom is 0.254 e. The monoisotopic (exact) mass is 221 g/mol. The lowest BCUT2D eigenvalue weighted by Gasteiger charge is -2.16. The molecule has 1 aromatic carbocycles. The molecule has 0 atom stereocenters. The first-order chi connectivity index (χ1) is 7.70. The second-order valence-electron chi connectivity index (χ2n) is 3.95. The molecule has 0 saturated carbocycles. The Labute approximate surface area is 93.8 Å². The lowest BCUT2D eigenvalue weighted by Crippen LogP contribution is -2.27. The summed E-state index contributed by atoms with van der Waals surface area (Å²) in [5.41, 5.74) is 9.06. The normalized spacial score (nSPS) is 15.2. The number of nitrogens with zero attached hydrogens (tertiary/aromatic N) is 1. The number of nitrogens with one attached hydrogen (secondary N) is 1. The molecule has 86 valence electrons. The number of carbonyl (C=O) groups excluding carboxylic acids is 1. The van der Waals surface area contributed by atoms with Crippen molar-refractivity contribution in [2.75, 3.05) is 24.3 Å². The molecule has 2 rings (SSSR count). The van der Waals surface area contributed by atoms with E-state index >= 15 is 0 Å². The van der Waals surface area contributed by atoms with E-state index in [1.807, 2.05) is 5.48 Å². The van der Waals surface area contributed by atoms with Crippen LogP contribution in [0, 0.1) is 0 Å². The van der Waals surface area contributed by atoms with Crippen LogP contribution in [-0.4, -0.2) is 29.1 Å². The Balaban J connectivity index is 2.24. The summed E-state index contributed by atoms with van der Waals surface area (Å²) < 4.78 is 0. The predicted octanol–water partition coefficient (Wildman–Crippen LogP) is 1.31. The number of benzene rings is 1. The van der Waals surface area contributed by atoms with E-state index in [0.717, 1.165) is 25.9 Å². The third-order valence-electron chi connectivity index (χ3n) is 2.72. The molecule has 0 aliphatic carbocycles. The van der Waals surface area contributed by atoms with Gasteiger partial charge in [-0.05, 0) is 31.0 Å². The van der Waals surface area contributed by atoms with Crippen molar-refractivity contribution in [1.82, 2.24) is 4.90 Å². The van der Waals surface area contributed by atoms with Crippen LogP contribution in [0.1, 0.15) is 23.2 Å². The van der Waals surface area contributed by atoms with E-state index in [-0.39, 0.29) is 5.91 Å². The van der Waals surface area contributed by atoms with E-state index in [1.54, 1.807) is 23.1 Å². The first-order valence-electron chi connectivity index (χ1n) is 5.30. The number of carbonyl (C=O) groups is 1. The van der Waals surface area contributed by atoms with Gasteiger partial charge in [-0.15, -0.1) is 0 Å². The molecule has 0 radical (unpaired) electrons. The van der Waals surface area contributed by atoms with Crippen LogP contribution >= 0.6 is 0 Å². The van der Waals surface area contributed by atoms with Gasteiger partial charge in [0, 0.05) is 24.3 Å². The first kappa shape index (κ1) is 10.8. The third-order valence-corrected chi connectivity index (χ3v) is 2.72. The van der Waals surface area contributed by atoms with Gasteiger partial charge < -0.3 is 10.6 Å². The number of hydrogen-bond donors (Lipinski definition) is 3. The van der Waals surface area contributed by atoms with Crippen molar-refractivity contribution in [3.05, 3.63) is 23.8 Å². The molecule has 0 aromatic heterocycles. The second kappa shape index (κ2) is 4.40. The van der Waals surface area contributed by atoms with Crippen LogP contribution in [0.3, 0.4) is 0 Å². The van der Waals surface area contributed by atoms with E-state index in [2.05, 4.69) is 0 Å². The van der Waals surface area contributed by atoms with Gasteiger partial charge in [0.15, 0.2) is 0 Å². The summed E-state index contributed by atoms with van der Waals surface area (Å²) in [6, 6.07) is 4.79. The van der Waals surface area contributed by atoms with Crippen LogP contribution < -0.4 is 11.2 Å². The fourth-order valence-corrected chi connectivity index (χ4v) is 1.94. The topological polar surface area (TPSA) is 78.6 Å². The standard InChI is InChI=1S/C11H15N3O2/c12-9-5-8(6-10(7-9)13-16)11(15)14-3-1-2-4-14/h5-7,13,16H,1-4,12H2. The zero-order chi connectivity index (χ0) is 11.5. The van der Waals surface area contributed by atoms with E-state index in [9.17, 15) is 4.79 Å². The van der Waals surface area contributed by atoms with Crippen LogP contribution in [0.5, 0.6) is 0 Å². The molecule has 1 heterocycles. The Morgan fingerprint density at radius 1 is 1.31 bits per heavy atom. The molecule has 1 fully saturated rings. The van der Waals surface area contributed by atoms with Crippen molar-refractivity contribution < 1.29 is 10.0 Å². The molecule has 1 amide bonds. The van der Waals surface area contributed by atoms with Gasteiger partial charge in [-0.1, -0.05) is 0 Å². The summed E-state index contributed by atoms with van der Waals surface area (Å²) in [5, 5.41) is 8.80. The number of anilines is 2. The van der Waals surface area contributed by atoms with Crippen LogP contribution in [0.25, 0.3) is 0 Å². The molecule has 1 aliphatic heterocycles. The maximum absolute atomic E-state index is 12.0. The second-order valence-corrected chi connectivity index (χ2v) is 3.95. The number of hydrogen-bond acceptors (Lipinski definition) is 4. The smallest absolute Gasteiger partial charge is 0.254 e. The Kier molecular flexibility index (Phi) is 2.96. The van der Waals surface area contributed by atoms with Crippen LogP contribution in [0.2, 0.25) is 0 Å². The molecule has 1 aliphatic rings. The van der Waals surface area contributed by atoms with Crippen molar-refractivity contribution in [3.63, 3.8) is 0 Å². The largest absolute Gasteiger partial charge is 0.399 e. The predicted molar refractivity (Wildman–Crippen MR) is 61.4 cm³/mol. The maximum atomic E-state index is 12.0. The van der Waals surface area contributed by atoms with Gasteiger partial charge in [-0.3, -0.25) is 15.5 Å². The number of nitrogens with two attached hydrogens (primary N) is 1. The van der Waals surface area contributed by atoms with Gasteiger partial charge in [0.25, 0.3) is 5.91 Å². The fourth-order valence-electron chi connectivity index (χ4n) is 1.94. The molecule has 0 spiro atoms. The van der Waals surface area contributed by atoms with E-state index in [4.69, 9.17) is 10.9 Å². The van der Waals surface area contributed by atoms with Crippen molar-refractivity contribution in [3.8, 4) is 0 Å². The fraction of sp³-hybridized carbons (Fsp3) is 0.364. The Morgan fingerprint density at radius 2 is 2.00 bits per heavy atom. The number of nitrogen functional groups attached to an aromatic ring is 1. The summed E-state index contributed by atoms with van der Waals surface area (Å²) in [5.74, 6) is -0.0266. The van der Waals surface area contributed by atoms with Crippen molar-refractivity contribution in [2.24, 2.45) is 0 Å². The van der Waals surface area contributed by atoms with Crippen molar-refractivity contribution in [1.29, 1.82) is 0 Å². The molecule has 4 N–H and O–H groups in total. The van der Waals surface area contributed by atoms with E-state index < -0.39 is 0 Å². The molecule has 0 unspecified atom stereocenters. The Morgan fingerprint density at radius 3 is 2.62 bits per heavy atom. The highest BCUT2D eigenvalue weighted by molar-refractivity contribution is 5.96. The molecular formula is C11H15N3O2. The minimum absolute atomic E-state index is 0.0266. The lowest BCUT2D eigenvalue weighted by molar-refractivity contribution is 0.0793. The minimum Gasteiger partial charge on any atom is -0.399 e. The molecule has 1 aromatic rings. The lowest BCUT2D eigenvalue weighted by atomic mass is 10.1. The van der Waals surface area contributed by atoms with Crippen LogP contribution in [0.15, 0.2) is 18.2 Å². The number of amides is 1.